The van der Waals surface area contributed by atoms with E-state index in [2.05, 4.69) is 35.1 Å². The van der Waals surface area contributed by atoms with Crippen LogP contribution in [-0.4, -0.2) is 23.5 Å². The topological polar surface area (TPSA) is 29.1 Å². The number of amides is 1. The van der Waals surface area contributed by atoms with Crippen molar-refractivity contribution in [3.63, 3.8) is 0 Å². The molecule has 0 aliphatic rings. The maximum absolute atomic E-state index is 13.6. The summed E-state index contributed by atoms with van der Waals surface area (Å²) in [4.78, 5) is 12.0. The zero-order valence-electron chi connectivity index (χ0n) is 11.4. The molecule has 0 unspecified atom stereocenters. The maximum Gasteiger partial charge on any atom is 0.254 e. The molecule has 1 aromatic carbocycles. The Bertz CT molecular complexity index is 441. The van der Waals surface area contributed by atoms with Gasteiger partial charge in [-0.05, 0) is 37.3 Å². The molecule has 0 saturated carbocycles. The fourth-order valence-corrected chi connectivity index (χ4v) is 3.02. The maximum atomic E-state index is 13.6. The summed E-state index contributed by atoms with van der Waals surface area (Å²) in [5.74, 6) is -0.859. The van der Waals surface area contributed by atoms with Gasteiger partial charge < -0.3 is 5.32 Å². The van der Waals surface area contributed by atoms with Gasteiger partial charge in [0.15, 0.2) is 0 Å². The van der Waals surface area contributed by atoms with Crippen LogP contribution in [0.5, 0.6) is 0 Å². The number of hydrogen-bond donors (Lipinski definition) is 1. The number of benzene rings is 1. The number of carbonyl (C=O) groups excluding carboxylic acids is 1. The fraction of sp³-hybridized carbons (Fsp3) is 0.500. The first-order chi connectivity index (χ1) is 8.98. The summed E-state index contributed by atoms with van der Waals surface area (Å²) in [6.45, 7) is 4.75. The number of carbonyl (C=O) groups is 1. The van der Waals surface area contributed by atoms with Crippen LogP contribution < -0.4 is 5.32 Å². The summed E-state index contributed by atoms with van der Waals surface area (Å²) in [6, 6.07) is 4.38. The molecule has 0 saturated heterocycles. The van der Waals surface area contributed by atoms with Crippen LogP contribution in [-0.2, 0) is 0 Å². The first-order valence-electron chi connectivity index (χ1n) is 6.26. The number of hydrogen-bond acceptors (Lipinski definition) is 2. The molecular weight excluding hydrogens is 329 g/mol. The lowest BCUT2D eigenvalue weighted by Gasteiger charge is -2.29. The van der Waals surface area contributed by atoms with Crippen LogP contribution in [0.4, 0.5) is 4.39 Å². The van der Waals surface area contributed by atoms with E-state index >= 15 is 0 Å². The highest BCUT2D eigenvalue weighted by molar-refractivity contribution is 9.10. The van der Waals surface area contributed by atoms with Crippen LogP contribution in [0.15, 0.2) is 22.7 Å². The Labute approximate surface area is 126 Å². The van der Waals surface area contributed by atoms with Crippen LogP contribution in [0, 0.1) is 5.82 Å². The lowest BCUT2D eigenvalue weighted by Crippen LogP contribution is -2.39. The van der Waals surface area contributed by atoms with E-state index in [4.69, 9.17) is 0 Å². The summed E-state index contributed by atoms with van der Waals surface area (Å²) in [6.07, 6.45) is 3.97. The Morgan fingerprint density at radius 2 is 2.05 bits per heavy atom. The van der Waals surface area contributed by atoms with Gasteiger partial charge in [-0.3, -0.25) is 4.79 Å². The summed E-state index contributed by atoms with van der Waals surface area (Å²) >= 11 is 4.99. The quantitative estimate of drug-likeness (QED) is 0.833. The molecule has 1 aromatic rings. The van der Waals surface area contributed by atoms with Crippen LogP contribution in [0.1, 0.15) is 37.0 Å². The van der Waals surface area contributed by atoms with Crippen LogP contribution in [0.3, 0.4) is 0 Å². The van der Waals surface area contributed by atoms with Crippen molar-refractivity contribution in [2.45, 2.75) is 31.4 Å². The zero-order valence-corrected chi connectivity index (χ0v) is 13.8. The smallest absolute Gasteiger partial charge is 0.254 e. The van der Waals surface area contributed by atoms with Crippen molar-refractivity contribution in [3.05, 3.63) is 34.1 Å². The lowest BCUT2D eigenvalue weighted by atomic mass is 10.0. The summed E-state index contributed by atoms with van der Waals surface area (Å²) < 4.78 is 14.3. The van der Waals surface area contributed by atoms with Crippen molar-refractivity contribution < 1.29 is 9.18 Å². The van der Waals surface area contributed by atoms with Crippen LogP contribution in [0.25, 0.3) is 0 Å². The molecule has 1 amide bonds. The van der Waals surface area contributed by atoms with Crippen molar-refractivity contribution >= 4 is 33.6 Å². The molecule has 0 atom stereocenters. The molecule has 0 spiro atoms. The third-order valence-corrected chi connectivity index (χ3v) is 5.55. The molecule has 2 nitrogen and oxygen atoms in total. The molecule has 0 radical (unpaired) electrons. The third kappa shape index (κ3) is 4.21. The Morgan fingerprint density at radius 3 is 2.58 bits per heavy atom. The second-order valence-corrected chi connectivity index (χ2v) is 6.59. The molecule has 1 N–H and O–H groups in total. The van der Waals surface area contributed by atoms with E-state index in [1.54, 1.807) is 17.8 Å². The normalized spacial score (nSPS) is 11.4. The average Bonchev–Trinajstić information content (AvgIpc) is 2.43. The Hall–Kier alpha value is -0.550. The summed E-state index contributed by atoms with van der Waals surface area (Å²) in [5.41, 5.74) is 0.0802. The molecule has 0 aromatic heterocycles. The number of nitrogens with one attached hydrogen (secondary N) is 1. The molecule has 0 heterocycles. The Kier molecular flexibility index (Phi) is 6.33. The highest BCUT2D eigenvalue weighted by Crippen LogP contribution is 2.29. The van der Waals surface area contributed by atoms with E-state index in [-0.39, 0.29) is 16.2 Å². The first kappa shape index (κ1) is 16.5. The number of halogens is 2. The average molecular weight is 348 g/mol. The minimum Gasteiger partial charge on any atom is -0.351 e. The second kappa shape index (κ2) is 7.29. The van der Waals surface area contributed by atoms with Crippen molar-refractivity contribution in [1.29, 1.82) is 0 Å². The van der Waals surface area contributed by atoms with Crippen molar-refractivity contribution in [2.75, 3.05) is 12.8 Å². The van der Waals surface area contributed by atoms with E-state index in [0.29, 0.717) is 11.0 Å². The SMILES string of the molecule is CCC(CC)(CNC(=O)c1cc(Br)ccc1F)SC. The molecule has 0 bridgehead atoms. The van der Waals surface area contributed by atoms with Gasteiger partial charge >= 0.3 is 0 Å². The van der Waals surface area contributed by atoms with Gasteiger partial charge in [-0.1, -0.05) is 29.8 Å². The molecule has 1 rings (SSSR count). The van der Waals surface area contributed by atoms with Crippen LogP contribution >= 0.6 is 27.7 Å². The monoisotopic (exact) mass is 347 g/mol. The number of rotatable bonds is 6. The predicted molar refractivity (Wildman–Crippen MR) is 83.3 cm³/mol. The molecule has 0 fully saturated rings. The molecule has 0 aliphatic carbocycles. The van der Waals surface area contributed by atoms with E-state index in [1.807, 2.05) is 6.26 Å². The van der Waals surface area contributed by atoms with Gasteiger partial charge in [0.05, 0.1) is 5.56 Å². The molecule has 19 heavy (non-hydrogen) atoms. The van der Waals surface area contributed by atoms with Gasteiger partial charge in [0.1, 0.15) is 5.82 Å². The molecular formula is C14H19BrFNOS. The second-order valence-electron chi connectivity index (χ2n) is 4.40. The highest BCUT2D eigenvalue weighted by Gasteiger charge is 2.26. The zero-order chi connectivity index (χ0) is 14.5. The predicted octanol–water partition coefficient (Wildman–Crippen LogP) is 4.24. The van der Waals surface area contributed by atoms with E-state index in [0.717, 1.165) is 12.8 Å². The van der Waals surface area contributed by atoms with Gasteiger partial charge in [0.2, 0.25) is 0 Å². The Morgan fingerprint density at radius 1 is 1.42 bits per heavy atom. The van der Waals surface area contributed by atoms with Crippen molar-refractivity contribution in [1.82, 2.24) is 5.32 Å². The first-order valence-corrected chi connectivity index (χ1v) is 8.28. The number of thioether (sulfide) groups is 1. The molecule has 5 heteroatoms. The standard InChI is InChI=1S/C14H19BrFNOS/c1-4-14(5-2,19-3)9-17-13(18)11-8-10(15)6-7-12(11)16/h6-8H,4-5,9H2,1-3H3,(H,17,18). The largest absolute Gasteiger partial charge is 0.351 e. The van der Waals surface area contributed by atoms with E-state index in [9.17, 15) is 9.18 Å². The fourth-order valence-electron chi connectivity index (χ4n) is 1.87. The third-order valence-electron chi connectivity index (χ3n) is 3.47. The molecule has 106 valence electrons. The van der Waals surface area contributed by atoms with Gasteiger partial charge in [-0.25, -0.2) is 4.39 Å². The Balaban J connectivity index is 2.77. The van der Waals surface area contributed by atoms with Gasteiger partial charge in [-0.15, -0.1) is 0 Å². The highest BCUT2D eigenvalue weighted by atomic mass is 79.9. The van der Waals surface area contributed by atoms with Gasteiger partial charge in [0.25, 0.3) is 5.91 Å². The van der Waals surface area contributed by atoms with E-state index in [1.165, 1.54) is 12.1 Å². The van der Waals surface area contributed by atoms with Gasteiger partial charge in [-0.2, -0.15) is 11.8 Å². The van der Waals surface area contributed by atoms with Gasteiger partial charge in [0, 0.05) is 15.8 Å². The minimum absolute atomic E-state index is 0.0259. The minimum atomic E-state index is -0.497. The van der Waals surface area contributed by atoms with E-state index < -0.39 is 5.82 Å². The van der Waals surface area contributed by atoms with Crippen molar-refractivity contribution in [2.24, 2.45) is 0 Å². The lowest BCUT2D eigenvalue weighted by molar-refractivity contribution is 0.0945. The summed E-state index contributed by atoms with van der Waals surface area (Å²) in [5, 5.41) is 2.84. The molecule has 0 aliphatic heterocycles. The van der Waals surface area contributed by atoms with Crippen molar-refractivity contribution in [3.8, 4) is 0 Å². The van der Waals surface area contributed by atoms with Crippen LogP contribution in [0.2, 0.25) is 0 Å². The summed E-state index contributed by atoms with van der Waals surface area (Å²) in [7, 11) is 0.